The van der Waals surface area contributed by atoms with Gasteiger partial charge in [-0.3, -0.25) is 19.1 Å². The molecule has 2 aromatic carbocycles. The fourth-order valence-electron chi connectivity index (χ4n) is 6.83. The lowest BCUT2D eigenvalue weighted by Gasteiger charge is -2.33. The Morgan fingerprint density at radius 1 is 0.979 bits per heavy atom. The lowest BCUT2D eigenvalue weighted by Crippen LogP contribution is -2.50. The van der Waals surface area contributed by atoms with E-state index in [-0.39, 0.29) is 59.5 Å². The standard InChI is InChI=1S/C35H39F4N5O4/c1-19(2)44-27(14-15-40-44)32(45)42-30(29(21-8-9-21)22-10-11-22)33(46)41-26-13-12-23(18-25(26)36)20(3)34(47)43-16-17-48-28-7-5-4-6-24(28)31(43)35(37,38)39/h4-7,12-15,18-22,29-31H,8-11,16-17H2,1-3H3,(H,41,46)(H,42,45)/t20-,30-,31?/m0/s1. The van der Waals surface area contributed by atoms with Gasteiger partial charge in [-0.25, -0.2) is 4.39 Å². The quantitative estimate of drug-likeness (QED) is 0.243. The van der Waals surface area contributed by atoms with E-state index in [2.05, 4.69) is 15.7 Å². The third-order valence-corrected chi connectivity index (χ3v) is 9.51. The van der Waals surface area contributed by atoms with Gasteiger partial charge in [0.05, 0.1) is 18.2 Å². The summed E-state index contributed by atoms with van der Waals surface area (Å²) in [6, 6.07) is 7.85. The number of para-hydroxylation sites is 1. The van der Waals surface area contributed by atoms with Gasteiger partial charge in [-0.15, -0.1) is 0 Å². The number of carbonyl (C=O) groups is 3. The smallest absolute Gasteiger partial charge is 0.413 e. The van der Waals surface area contributed by atoms with Crippen molar-refractivity contribution in [3.63, 3.8) is 0 Å². The molecule has 2 N–H and O–H groups in total. The number of alkyl halides is 3. The third-order valence-electron chi connectivity index (χ3n) is 9.51. The van der Waals surface area contributed by atoms with Gasteiger partial charge in [-0.1, -0.05) is 24.3 Å². The van der Waals surface area contributed by atoms with Crippen LogP contribution in [0.25, 0.3) is 0 Å². The summed E-state index contributed by atoms with van der Waals surface area (Å²) in [6.45, 7) is 4.75. The van der Waals surface area contributed by atoms with Gasteiger partial charge in [0.2, 0.25) is 11.8 Å². The van der Waals surface area contributed by atoms with E-state index in [1.54, 1.807) is 16.8 Å². The fraction of sp³-hybridized carbons (Fsp3) is 0.486. The van der Waals surface area contributed by atoms with Crippen molar-refractivity contribution < 1.29 is 36.7 Å². The summed E-state index contributed by atoms with van der Waals surface area (Å²) in [7, 11) is 0. The summed E-state index contributed by atoms with van der Waals surface area (Å²) < 4.78 is 65.8. The van der Waals surface area contributed by atoms with Crippen LogP contribution < -0.4 is 15.4 Å². The van der Waals surface area contributed by atoms with Crippen LogP contribution in [-0.4, -0.2) is 57.8 Å². The lowest BCUT2D eigenvalue weighted by molar-refractivity contribution is -0.192. The molecular weight excluding hydrogens is 630 g/mol. The zero-order chi connectivity index (χ0) is 34.3. The summed E-state index contributed by atoms with van der Waals surface area (Å²) in [5.41, 5.74) is 0.133. The molecule has 0 bridgehead atoms. The van der Waals surface area contributed by atoms with E-state index >= 15 is 4.39 Å². The largest absolute Gasteiger partial charge is 0.491 e. The molecule has 2 heterocycles. The molecular formula is C35H39F4N5O4. The van der Waals surface area contributed by atoms with Crippen LogP contribution in [0, 0.1) is 23.6 Å². The number of rotatable bonds is 10. The van der Waals surface area contributed by atoms with Crippen LogP contribution in [0.15, 0.2) is 54.7 Å². The van der Waals surface area contributed by atoms with E-state index in [1.165, 1.54) is 43.5 Å². The molecule has 3 aliphatic rings. The van der Waals surface area contributed by atoms with Gasteiger partial charge < -0.3 is 20.3 Å². The first kappa shape index (κ1) is 33.5. The Kier molecular flexibility index (Phi) is 9.23. The average Bonchev–Trinajstić information content (AvgIpc) is 3.98. The minimum Gasteiger partial charge on any atom is -0.491 e. The van der Waals surface area contributed by atoms with E-state index in [0.29, 0.717) is 5.69 Å². The monoisotopic (exact) mass is 669 g/mol. The summed E-state index contributed by atoms with van der Waals surface area (Å²) in [5.74, 6) is -3.33. The normalized spacial score (nSPS) is 19.3. The van der Waals surface area contributed by atoms with Crippen molar-refractivity contribution in [2.45, 2.75) is 76.7 Å². The molecule has 3 amide bonds. The highest BCUT2D eigenvalue weighted by Gasteiger charge is 2.50. The predicted molar refractivity (Wildman–Crippen MR) is 169 cm³/mol. The summed E-state index contributed by atoms with van der Waals surface area (Å²) in [4.78, 5) is 41.5. The van der Waals surface area contributed by atoms with Gasteiger partial charge in [0.15, 0.2) is 6.04 Å². The first-order valence-electron chi connectivity index (χ1n) is 16.4. The van der Waals surface area contributed by atoms with Crippen molar-refractivity contribution >= 4 is 23.4 Å². The molecule has 0 radical (unpaired) electrons. The van der Waals surface area contributed by atoms with Crippen LogP contribution in [-0.2, 0) is 9.59 Å². The van der Waals surface area contributed by atoms with Crippen LogP contribution >= 0.6 is 0 Å². The number of hydrogen-bond donors (Lipinski definition) is 2. The Labute approximate surface area is 276 Å². The highest BCUT2D eigenvalue weighted by atomic mass is 19.4. The molecule has 2 fully saturated rings. The van der Waals surface area contributed by atoms with Crippen molar-refractivity contribution in [2.24, 2.45) is 17.8 Å². The van der Waals surface area contributed by atoms with Crippen molar-refractivity contribution in [3.8, 4) is 5.75 Å². The molecule has 13 heteroatoms. The Bertz CT molecular complexity index is 1670. The second-order valence-corrected chi connectivity index (χ2v) is 13.3. The summed E-state index contributed by atoms with van der Waals surface area (Å²) >= 11 is 0. The van der Waals surface area contributed by atoms with Gasteiger partial charge in [-0.05, 0) is 94.0 Å². The number of amides is 3. The second-order valence-electron chi connectivity index (χ2n) is 13.3. The number of nitrogens with zero attached hydrogens (tertiary/aromatic N) is 3. The number of hydrogen-bond acceptors (Lipinski definition) is 5. The lowest BCUT2D eigenvalue weighted by atomic mass is 9.88. The number of fused-ring (bicyclic) bond motifs is 1. The number of anilines is 1. The van der Waals surface area contributed by atoms with Crippen molar-refractivity contribution in [3.05, 3.63) is 77.4 Å². The van der Waals surface area contributed by atoms with Gasteiger partial charge in [-0.2, -0.15) is 18.3 Å². The molecule has 256 valence electrons. The van der Waals surface area contributed by atoms with Crippen LogP contribution in [0.5, 0.6) is 5.75 Å². The number of carbonyl (C=O) groups excluding carboxylic acids is 3. The first-order valence-corrected chi connectivity index (χ1v) is 16.4. The first-order chi connectivity index (χ1) is 22.8. The number of ether oxygens (including phenoxy) is 1. The molecule has 2 saturated carbocycles. The molecule has 48 heavy (non-hydrogen) atoms. The summed E-state index contributed by atoms with van der Waals surface area (Å²) in [6.07, 6.45) is 0.535. The Morgan fingerprint density at radius 3 is 2.29 bits per heavy atom. The maximum atomic E-state index is 15.6. The van der Waals surface area contributed by atoms with E-state index in [9.17, 15) is 27.6 Å². The van der Waals surface area contributed by atoms with Crippen LogP contribution in [0.1, 0.15) is 86.1 Å². The molecule has 3 aromatic rings. The van der Waals surface area contributed by atoms with Crippen molar-refractivity contribution in [2.75, 3.05) is 18.5 Å². The maximum absolute atomic E-state index is 15.6. The van der Waals surface area contributed by atoms with E-state index < -0.39 is 47.7 Å². The van der Waals surface area contributed by atoms with Gasteiger partial charge in [0.25, 0.3) is 5.91 Å². The molecule has 0 saturated heterocycles. The number of benzene rings is 2. The van der Waals surface area contributed by atoms with E-state index in [0.717, 1.165) is 36.6 Å². The molecule has 1 aliphatic heterocycles. The topological polar surface area (TPSA) is 106 Å². The van der Waals surface area contributed by atoms with Crippen LogP contribution in [0.3, 0.4) is 0 Å². The van der Waals surface area contributed by atoms with Crippen molar-refractivity contribution in [1.82, 2.24) is 20.0 Å². The number of nitrogens with one attached hydrogen (secondary N) is 2. The average molecular weight is 670 g/mol. The molecule has 9 nitrogen and oxygen atoms in total. The second kappa shape index (κ2) is 13.2. The molecule has 1 unspecified atom stereocenters. The third kappa shape index (κ3) is 6.91. The minimum absolute atomic E-state index is 0.0552. The molecule has 6 rings (SSSR count). The SMILES string of the molecule is CC(C)n1nccc1C(=O)N[C@H](C(=O)Nc1ccc([C@H](C)C(=O)N2CCOc3ccccc3C2C(F)(F)F)cc1F)C(C1CC1)C1CC1. The molecule has 2 aliphatic carbocycles. The van der Waals surface area contributed by atoms with Gasteiger partial charge in [0, 0.05) is 17.8 Å². The highest BCUT2D eigenvalue weighted by molar-refractivity contribution is 6.01. The molecule has 1 aromatic heterocycles. The predicted octanol–water partition coefficient (Wildman–Crippen LogP) is 6.40. The van der Waals surface area contributed by atoms with E-state index in [1.807, 2.05) is 13.8 Å². The molecule has 0 spiro atoms. The van der Waals surface area contributed by atoms with Crippen LogP contribution in [0.4, 0.5) is 23.2 Å². The Morgan fingerprint density at radius 2 is 1.67 bits per heavy atom. The maximum Gasteiger partial charge on any atom is 0.413 e. The summed E-state index contributed by atoms with van der Waals surface area (Å²) in [5, 5.41) is 9.78. The van der Waals surface area contributed by atoms with Gasteiger partial charge in [0.1, 0.15) is 29.9 Å². The minimum atomic E-state index is -4.78. The van der Waals surface area contributed by atoms with Crippen LogP contribution in [0.2, 0.25) is 0 Å². The zero-order valence-electron chi connectivity index (χ0n) is 27.0. The highest BCUT2D eigenvalue weighted by Crippen LogP contribution is 2.51. The molecule has 3 atom stereocenters. The Balaban J connectivity index is 1.21. The Hall–Kier alpha value is -4.42. The van der Waals surface area contributed by atoms with Gasteiger partial charge >= 0.3 is 6.18 Å². The zero-order valence-corrected chi connectivity index (χ0v) is 27.0. The van der Waals surface area contributed by atoms with E-state index in [4.69, 9.17) is 4.74 Å². The van der Waals surface area contributed by atoms with Crippen molar-refractivity contribution in [1.29, 1.82) is 0 Å². The fourth-order valence-corrected chi connectivity index (χ4v) is 6.83. The number of aromatic nitrogens is 2. The number of halogens is 4.